The summed E-state index contributed by atoms with van der Waals surface area (Å²) in [4.78, 5) is 4.67. The molecule has 2 heterocycles. The summed E-state index contributed by atoms with van der Waals surface area (Å²) >= 11 is 0. The summed E-state index contributed by atoms with van der Waals surface area (Å²) in [7, 11) is 0. The molecule has 0 spiro atoms. The maximum absolute atomic E-state index is 5.51. The molecule has 21 heavy (non-hydrogen) atoms. The normalized spacial score (nSPS) is 18.8. The summed E-state index contributed by atoms with van der Waals surface area (Å²) < 4.78 is 7.34. The van der Waals surface area contributed by atoms with Gasteiger partial charge >= 0.3 is 0 Å². The van der Waals surface area contributed by atoms with Gasteiger partial charge in [-0.1, -0.05) is 38.3 Å². The van der Waals surface area contributed by atoms with Crippen LogP contribution in [-0.2, 0) is 5.41 Å². The molecule has 1 saturated carbocycles. The summed E-state index contributed by atoms with van der Waals surface area (Å²) in [6.07, 6.45) is 10.2. The van der Waals surface area contributed by atoms with Crippen molar-refractivity contribution in [1.29, 1.82) is 0 Å². The average Bonchev–Trinajstić information content (AvgIpc) is 3.19. The Kier molecular flexibility index (Phi) is 3.83. The Morgan fingerprint density at radius 2 is 2.05 bits per heavy atom. The molecule has 1 aliphatic rings. The van der Waals surface area contributed by atoms with Crippen molar-refractivity contribution in [2.45, 2.75) is 64.3 Å². The van der Waals surface area contributed by atoms with Gasteiger partial charge in [-0.25, -0.2) is 0 Å². The lowest BCUT2D eigenvalue weighted by atomic mass is 9.70. The van der Waals surface area contributed by atoms with E-state index in [1.807, 2.05) is 23.9 Å². The van der Waals surface area contributed by atoms with Crippen molar-refractivity contribution in [1.82, 2.24) is 19.9 Å². The van der Waals surface area contributed by atoms with Crippen molar-refractivity contribution < 1.29 is 4.52 Å². The lowest BCUT2D eigenvalue weighted by Gasteiger charge is -2.34. The second-order valence-electron chi connectivity index (χ2n) is 6.67. The molecule has 0 bridgehead atoms. The summed E-state index contributed by atoms with van der Waals surface area (Å²) in [5.41, 5.74) is -0.0218. The Hall–Kier alpha value is -1.65. The molecule has 5 heteroatoms. The van der Waals surface area contributed by atoms with Crippen molar-refractivity contribution >= 4 is 0 Å². The highest BCUT2D eigenvalue weighted by atomic mass is 16.5. The lowest BCUT2D eigenvalue weighted by Crippen LogP contribution is -2.31. The highest BCUT2D eigenvalue weighted by Gasteiger charge is 2.36. The minimum Gasteiger partial charge on any atom is -0.337 e. The largest absolute Gasteiger partial charge is 0.337 e. The molecule has 3 rings (SSSR count). The van der Waals surface area contributed by atoms with Gasteiger partial charge in [-0.15, -0.1) is 0 Å². The summed E-state index contributed by atoms with van der Waals surface area (Å²) in [6, 6.07) is 1.88. The Morgan fingerprint density at radius 1 is 1.29 bits per heavy atom. The number of nitrogens with zero attached hydrogens (tertiary/aromatic N) is 4. The third-order valence-corrected chi connectivity index (χ3v) is 4.92. The highest BCUT2D eigenvalue weighted by molar-refractivity contribution is 5.07. The van der Waals surface area contributed by atoms with E-state index in [-0.39, 0.29) is 11.5 Å². The van der Waals surface area contributed by atoms with Gasteiger partial charge in [-0.05, 0) is 31.7 Å². The molecule has 1 atom stereocenters. The minimum absolute atomic E-state index is 0.0218. The van der Waals surface area contributed by atoms with Crippen LogP contribution in [0.4, 0.5) is 0 Å². The number of hydrogen-bond acceptors (Lipinski definition) is 4. The number of rotatable bonds is 4. The van der Waals surface area contributed by atoms with E-state index in [9.17, 15) is 0 Å². The van der Waals surface area contributed by atoms with Crippen LogP contribution in [-0.4, -0.2) is 19.9 Å². The topological polar surface area (TPSA) is 56.7 Å². The van der Waals surface area contributed by atoms with E-state index in [0.29, 0.717) is 11.8 Å². The van der Waals surface area contributed by atoms with Crippen LogP contribution in [0.5, 0.6) is 0 Å². The Bertz CT molecular complexity index is 567. The second-order valence-corrected chi connectivity index (χ2v) is 6.67. The lowest BCUT2D eigenvalue weighted by molar-refractivity contribution is 0.220. The number of aromatic nitrogens is 4. The first kappa shape index (κ1) is 14.3. The molecule has 1 aliphatic carbocycles. The van der Waals surface area contributed by atoms with Crippen LogP contribution in [0.15, 0.2) is 23.0 Å². The van der Waals surface area contributed by atoms with Crippen LogP contribution in [0.3, 0.4) is 0 Å². The van der Waals surface area contributed by atoms with Gasteiger partial charge in [0, 0.05) is 17.8 Å². The Labute approximate surface area is 125 Å². The van der Waals surface area contributed by atoms with E-state index in [0.717, 1.165) is 5.82 Å². The Balaban J connectivity index is 1.80. The SMILES string of the molecule is CC(c1nc(C(C)(C)C2CCCCC2)no1)n1cccn1. The molecule has 114 valence electrons. The van der Waals surface area contributed by atoms with E-state index in [1.54, 1.807) is 6.20 Å². The first-order valence-electron chi connectivity index (χ1n) is 7.92. The molecule has 1 fully saturated rings. The van der Waals surface area contributed by atoms with Gasteiger partial charge in [0.15, 0.2) is 5.82 Å². The van der Waals surface area contributed by atoms with Crippen molar-refractivity contribution in [3.8, 4) is 0 Å². The molecule has 0 amide bonds. The molecule has 0 aromatic carbocycles. The molecular weight excluding hydrogens is 264 g/mol. The van der Waals surface area contributed by atoms with Crippen LogP contribution >= 0.6 is 0 Å². The fourth-order valence-corrected chi connectivity index (χ4v) is 3.30. The summed E-state index contributed by atoms with van der Waals surface area (Å²) in [5.74, 6) is 2.12. The third-order valence-electron chi connectivity index (χ3n) is 4.92. The van der Waals surface area contributed by atoms with Crippen molar-refractivity contribution in [3.63, 3.8) is 0 Å². The summed E-state index contributed by atoms with van der Waals surface area (Å²) in [6.45, 7) is 6.52. The molecular formula is C16H24N4O. The van der Waals surface area contributed by atoms with Gasteiger partial charge in [0.25, 0.3) is 5.89 Å². The third kappa shape index (κ3) is 2.74. The maximum Gasteiger partial charge on any atom is 0.251 e. The van der Waals surface area contributed by atoms with E-state index >= 15 is 0 Å². The van der Waals surface area contributed by atoms with E-state index < -0.39 is 0 Å². The van der Waals surface area contributed by atoms with Gasteiger partial charge in [0.05, 0.1) is 0 Å². The van der Waals surface area contributed by atoms with Crippen LogP contribution in [0.2, 0.25) is 0 Å². The van der Waals surface area contributed by atoms with Gasteiger partial charge in [-0.2, -0.15) is 10.1 Å². The van der Waals surface area contributed by atoms with Crippen molar-refractivity contribution in [2.24, 2.45) is 5.92 Å². The predicted molar refractivity (Wildman–Crippen MR) is 79.9 cm³/mol. The van der Waals surface area contributed by atoms with Gasteiger partial charge < -0.3 is 4.52 Å². The fourth-order valence-electron chi connectivity index (χ4n) is 3.30. The zero-order chi connectivity index (χ0) is 14.9. The highest BCUT2D eigenvalue weighted by Crippen LogP contribution is 2.39. The first-order valence-corrected chi connectivity index (χ1v) is 7.92. The minimum atomic E-state index is -0.0246. The Morgan fingerprint density at radius 3 is 2.71 bits per heavy atom. The smallest absolute Gasteiger partial charge is 0.251 e. The standard InChI is InChI=1S/C16H24N4O/c1-12(20-11-7-10-17-20)14-18-15(19-21-14)16(2,3)13-8-5-4-6-9-13/h7,10-13H,4-6,8-9H2,1-3H3. The molecule has 0 N–H and O–H groups in total. The maximum atomic E-state index is 5.51. The van der Waals surface area contributed by atoms with E-state index in [1.165, 1.54) is 32.1 Å². The van der Waals surface area contributed by atoms with E-state index in [2.05, 4.69) is 29.1 Å². The predicted octanol–water partition coefficient (Wildman–Crippen LogP) is 3.73. The molecule has 0 saturated heterocycles. The molecule has 2 aromatic rings. The average molecular weight is 288 g/mol. The van der Waals surface area contributed by atoms with Crippen LogP contribution in [0.25, 0.3) is 0 Å². The molecule has 0 radical (unpaired) electrons. The quantitative estimate of drug-likeness (QED) is 0.860. The van der Waals surface area contributed by atoms with Gasteiger partial charge in [0.1, 0.15) is 6.04 Å². The number of hydrogen-bond donors (Lipinski definition) is 0. The zero-order valence-electron chi connectivity index (χ0n) is 13.1. The first-order chi connectivity index (χ1) is 10.1. The summed E-state index contributed by atoms with van der Waals surface area (Å²) in [5, 5.41) is 8.51. The molecule has 5 nitrogen and oxygen atoms in total. The van der Waals surface area contributed by atoms with Crippen molar-refractivity contribution in [3.05, 3.63) is 30.2 Å². The zero-order valence-corrected chi connectivity index (χ0v) is 13.1. The van der Waals surface area contributed by atoms with Crippen LogP contribution < -0.4 is 0 Å². The molecule has 2 aromatic heterocycles. The molecule has 1 unspecified atom stereocenters. The molecule has 0 aliphatic heterocycles. The van der Waals surface area contributed by atoms with Crippen molar-refractivity contribution in [2.75, 3.05) is 0 Å². The van der Waals surface area contributed by atoms with Gasteiger partial charge in [0.2, 0.25) is 0 Å². The van der Waals surface area contributed by atoms with E-state index in [4.69, 9.17) is 4.52 Å². The van der Waals surface area contributed by atoms with Gasteiger partial charge in [-0.3, -0.25) is 4.68 Å². The second kappa shape index (κ2) is 5.62. The monoisotopic (exact) mass is 288 g/mol. The van der Waals surface area contributed by atoms with Crippen LogP contribution in [0.1, 0.15) is 70.6 Å². The van der Waals surface area contributed by atoms with Crippen LogP contribution in [0, 0.1) is 5.92 Å². The fraction of sp³-hybridized carbons (Fsp3) is 0.688.